The zero-order valence-electron chi connectivity index (χ0n) is 12.2. The van der Waals surface area contributed by atoms with Gasteiger partial charge in [0.2, 0.25) is 0 Å². The van der Waals surface area contributed by atoms with Gasteiger partial charge in [0.1, 0.15) is 0 Å². The normalized spacial score (nSPS) is 23.5. The molecule has 1 aliphatic rings. The Labute approximate surface area is 122 Å². The number of hydrogen-bond acceptors (Lipinski definition) is 1. The second-order valence-corrected chi connectivity index (χ2v) is 6.39. The molecule has 0 saturated heterocycles. The highest BCUT2D eigenvalue weighted by Crippen LogP contribution is 2.30. The van der Waals surface area contributed by atoms with Gasteiger partial charge in [0.25, 0.3) is 0 Å². The summed E-state index contributed by atoms with van der Waals surface area (Å²) in [5.74, 6) is 0.795. The van der Waals surface area contributed by atoms with Crippen molar-refractivity contribution < 1.29 is 0 Å². The highest BCUT2D eigenvalue weighted by molar-refractivity contribution is 6.31. The minimum Gasteiger partial charge on any atom is -0.314 e. The summed E-state index contributed by atoms with van der Waals surface area (Å²) < 4.78 is 0. The quantitative estimate of drug-likeness (QED) is 0.820. The monoisotopic (exact) mass is 279 g/mol. The van der Waals surface area contributed by atoms with Crippen LogP contribution in [-0.2, 0) is 6.42 Å². The zero-order chi connectivity index (χ0) is 13.7. The highest BCUT2D eigenvalue weighted by atomic mass is 35.5. The second kappa shape index (κ2) is 7.31. The van der Waals surface area contributed by atoms with Gasteiger partial charge in [0.05, 0.1) is 0 Å². The number of rotatable bonds is 5. The molecule has 1 aromatic rings. The Balaban J connectivity index is 1.91. The molecule has 1 N–H and O–H groups in total. The fraction of sp³-hybridized carbons (Fsp3) is 0.647. The van der Waals surface area contributed by atoms with Gasteiger partial charge in [0, 0.05) is 11.1 Å². The van der Waals surface area contributed by atoms with E-state index in [2.05, 4.69) is 37.4 Å². The zero-order valence-corrected chi connectivity index (χ0v) is 13.0. The van der Waals surface area contributed by atoms with E-state index in [-0.39, 0.29) is 0 Å². The van der Waals surface area contributed by atoms with Gasteiger partial charge in [-0.1, -0.05) is 43.5 Å². The minimum atomic E-state index is 0.725. The first-order valence-corrected chi connectivity index (χ1v) is 8.05. The Morgan fingerprint density at radius 1 is 1.32 bits per heavy atom. The van der Waals surface area contributed by atoms with E-state index in [1.165, 1.54) is 43.2 Å². The molecule has 106 valence electrons. The number of halogens is 1. The van der Waals surface area contributed by atoms with E-state index in [4.69, 9.17) is 11.6 Å². The van der Waals surface area contributed by atoms with Crippen molar-refractivity contribution in [3.63, 3.8) is 0 Å². The van der Waals surface area contributed by atoms with E-state index in [1.807, 2.05) is 0 Å². The Morgan fingerprint density at radius 3 is 2.89 bits per heavy atom. The molecule has 2 unspecified atom stereocenters. The van der Waals surface area contributed by atoms with Gasteiger partial charge >= 0.3 is 0 Å². The molecule has 19 heavy (non-hydrogen) atoms. The Hall–Kier alpha value is -0.530. The van der Waals surface area contributed by atoms with Crippen molar-refractivity contribution >= 4 is 11.6 Å². The number of benzene rings is 1. The summed E-state index contributed by atoms with van der Waals surface area (Å²) >= 11 is 6.35. The molecule has 0 spiro atoms. The van der Waals surface area contributed by atoms with Crippen molar-refractivity contribution in [2.24, 2.45) is 5.92 Å². The molecule has 1 aliphatic carbocycles. The van der Waals surface area contributed by atoms with Crippen molar-refractivity contribution in [2.75, 3.05) is 6.54 Å². The fourth-order valence-corrected chi connectivity index (χ4v) is 3.45. The molecule has 0 radical (unpaired) electrons. The fourth-order valence-electron chi connectivity index (χ4n) is 3.14. The summed E-state index contributed by atoms with van der Waals surface area (Å²) in [5, 5.41) is 4.63. The Morgan fingerprint density at radius 2 is 2.16 bits per heavy atom. The van der Waals surface area contributed by atoms with Crippen molar-refractivity contribution in [3.05, 3.63) is 34.3 Å². The van der Waals surface area contributed by atoms with Crippen LogP contribution in [0.4, 0.5) is 0 Å². The number of nitrogens with one attached hydrogen (secondary N) is 1. The van der Waals surface area contributed by atoms with E-state index >= 15 is 0 Å². The van der Waals surface area contributed by atoms with E-state index < -0.39 is 0 Å². The van der Waals surface area contributed by atoms with Crippen LogP contribution < -0.4 is 5.32 Å². The minimum absolute atomic E-state index is 0.725. The topological polar surface area (TPSA) is 12.0 Å². The van der Waals surface area contributed by atoms with Crippen LogP contribution in [0.5, 0.6) is 0 Å². The average molecular weight is 280 g/mol. The molecular formula is C17H26ClN. The largest absolute Gasteiger partial charge is 0.314 e. The molecule has 2 rings (SSSR count). The third kappa shape index (κ3) is 4.50. The summed E-state index contributed by atoms with van der Waals surface area (Å²) in [6, 6.07) is 7.20. The molecule has 0 heterocycles. The first-order valence-electron chi connectivity index (χ1n) is 7.67. The van der Waals surface area contributed by atoms with Crippen LogP contribution in [0.15, 0.2) is 18.2 Å². The third-order valence-electron chi connectivity index (χ3n) is 4.18. The molecule has 1 fully saturated rings. The van der Waals surface area contributed by atoms with Crippen molar-refractivity contribution in [3.8, 4) is 0 Å². The molecular weight excluding hydrogens is 254 g/mol. The van der Waals surface area contributed by atoms with Crippen LogP contribution in [0, 0.1) is 12.8 Å². The lowest BCUT2D eigenvalue weighted by Crippen LogP contribution is -2.35. The highest BCUT2D eigenvalue weighted by Gasteiger charge is 2.22. The molecule has 1 aromatic carbocycles. The van der Waals surface area contributed by atoms with Crippen LogP contribution in [0.1, 0.15) is 50.2 Å². The third-order valence-corrected chi connectivity index (χ3v) is 4.53. The first kappa shape index (κ1) is 14.9. The predicted octanol–water partition coefficient (Wildman–Crippen LogP) is 4.75. The summed E-state index contributed by atoms with van der Waals surface area (Å²) in [6.07, 6.45) is 7.74. The Kier molecular flexibility index (Phi) is 5.72. The maximum Gasteiger partial charge on any atom is 0.0440 e. The predicted molar refractivity (Wildman–Crippen MR) is 83.9 cm³/mol. The van der Waals surface area contributed by atoms with Gasteiger partial charge in [-0.15, -0.1) is 0 Å². The van der Waals surface area contributed by atoms with Gasteiger partial charge in [-0.05, 0) is 62.3 Å². The lowest BCUT2D eigenvalue weighted by Gasteiger charge is -2.30. The van der Waals surface area contributed by atoms with Gasteiger partial charge in [-0.25, -0.2) is 0 Å². The van der Waals surface area contributed by atoms with Gasteiger partial charge in [-0.2, -0.15) is 0 Å². The molecule has 1 nitrogen and oxygen atoms in total. The SMILES string of the molecule is CCCNC1CCCC(Cc2ccc(C)cc2Cl)C1. The standard InChI is InChI=1S/C17H26ClN/c1-3-9-19-16-6-4-5-14(12-16)11-15-8-7-13(2)10-17(15)18/h7-8,10,14,16,19H,3-6,9,11-12H2,1-2H3. The number of hydrogen-bond donors (Lipinski definition) is 1. The summed E-state index contributed by atoms with van der Waals surface area (Å²) in [4.78, 5) is 0. The van der Waals surface area contributed by atoms with Crippen LogP contribution in [0.2, 0.25) is 5.02 Å². The maximum atomic E-state index is 6.35. The van der Waals surface area contributed by atoms with E-state index in [0.717, 1.165) is 29.9 Å². The Bertz CT molecular complexity index is 402. The van der Waals surface area contributed by atoms with E-state index in [0.29, 0.717) is 0 Å². The van der Waals surface area contributed by atoms with Gasteiger partial charge in [0.15, 0.2) is 0 Å². The molecule has 2 heteroatoms. The van der Waals surface area contributed by atoms with E-state index in [1.54, 1.807) is 0 Å². The average Bonchev–Trinajstić information content (AvgIpc) is 2.40. The molecule has 0 amide bonds. The van der Waals surface area contributed by atoms with Crippen LogP contribution >= 0.6 is 11.6 Å². The first-order chi connectivity index (χ1) is 9.19. The summed E-state index contributed by atoms with van der Waals surface area (Å²) in [7, 11) is 0. The molecule has 2 atom stereocenters. The van der Waals surface area contributed by atoms with Crippen LogP contribution in [0.3, 0.4) is 0 Å². The van der Waals surface area contributed by atoms with Crippen molar-refractivity contribution in [1.82, 2.24) is 5.32 Å². The molecule has 0 aromatic heterocycles. The lowest BCUT2D eigenvalue weighted by atomic mass is 9.82. The molecule has 1 saturated carbocycles. The summed E-state index contributed by atoms with van der Waals surface area (Å²) in [6.45, 7) is 5.49. The van der Waals surface area contributed by atoms with Crippen molar-refractivity contribution in [1.29, 1.82) is 0 Å². The molecule has 0 aliphatic heterocycles. The van der Waals surface area contributed by atoms with Crippen LogP contribution in [-0.4, -0.2) is 12.6 Å². The van der Waals surface area contributed by atoms with Crippen molar-refractivity contribution in [2.45, 2.75) is 58.4 Å². The maximum absolute atomic E-state index is 6.35. The summed E-state index contributed by atoms with van der Waals surface area (Å²) in [5.41, 5.74) is 2.58. The van der Waals surface area contributed by atoms with E-state index in [9.17, 15) is 0 Å². The molecule has 0 bridgehead atoms. The second-order valence-electron chi connectivity index (χ2n) is 5.98. The van der Waals surface area contributed by atoms with Gasteiger partial charge < -0.3 is 5.32 Å². The van der Waals surface area contributed by atoms with Crippen LogP contribution in [0.25, 0.3) is 0 Å². The number of aryl methyl sites for hydroxylation is 1. The van der Waals surface area contributed by atoms with Gasteiger partial charge in [-0.3, -0.25) is 0 Å². The smallest absolute Gasteiger partial charge is 0.0440 e. The lowest BCUT2D eigenvalue weighted by molar-refractivity contribution is 0.284.